The Balaban J connectivity index is 1.29. The predicted molar refractivity (Wildman–Crippen MR) is 123 cm³/mol. The first-order chi connectivity index (χ1) is 16.0. The summed E-state index contributed by atoms with van der Waals surface area (Å²) in [6.45, 7) is 1.21. The molecule has 0 aliphatic rings. The number of hydrogen-bond acceptors (Lipinski definition) is 6. The Morgan fingerprint density at radius 2 is 1.61 bits per heavy atom. The van der Waals surface area contributed by atoms with E-state index in [-0.39, 0.29) is 6.54 Å². The molecule has 1 heterocycles. The first-order valence-electron chi connectivity index (χ1n) is 10.2. The van der Waals surface area contributed by atoms with Gasteiger partial charge < -0.3 is 14.8 Å². The van der Waals surface area contributed by atoms with Crippen molar-refractivity contribution in [2.24, 2.45) is 0 Å². The summed E-state index contributed by atoms with van der Waals surface area (Å²) in [6, 6.07) is 21.4. The van der Waals surface area contributed by atoms with Gasteiger partial charge in [0.25, 0.3) is 11.5 Å². The van der Waals surface area contributed by atoms with Crippen molar-refractivity contribution < 1.29 is 19.1 Å². The number of benzene rings is 3. The first-order valence-corrected chi connectivity index (χ1v) is 10.2. The van der Waals surface area contributed by atoms with Crippen molar-refractivity contribution in [1.82, 2.24) is 9.55 Å². The molecule has 1 aromatic heterocycles. The molecule has 0 spiro atoms. The number of aromatic nitrogens is 2. The number of fused-ring (bicyclic) bond motifs is 1. The minimum absolute atomic E-state index is 0.319. The van der Waals surface area contributed by atoms with Crippen LogP contribution in [-0.2, 0) is 20.9 Å². The number of ether oxygens (including phenoxy) is 2. The van der Waals surface area contributed by atoms with Crippen molar-refractivity contribution in [2.45, 2.75) is 13.5 Å². The van der Waals surface area contributed by atoms with E-state index in [1.54, 1.807) is 48.5 Å². The summed E-state index contributed by atoms with van der Waals surface area (Å²) in [5, 5.41) is 2.65. The van der Waals surface area contributed by atoms with E-state index in [1.165, 1.54) is 4.57 Å². The van der Waals surface area contributed by atoms with Crippen LogP contribution >= 0.6 is 0 Å². The van der Waals surface area contributed by atoms with E-state index in [0.29, 0.717) is 28.2 Å². The monoisotopic (exact) mass is 443 g/mol. The average Bonchev–Trinajstić information content (AvgIpc) is 2.82. The average molecular weight is 443 g/mol. The summed E-state index contributed by atoms with van der Waals surface area (Å²) in [7, 11) is 0. The van der Waals surface area contributed by atoms with Crippen LogP contribution in [0, 0.1) is 6.92 Å². The van der Waals surface area contributed by atoms with Gasteiger partial charge in [-0.2, -0.15) is 0 Å². The second-order valence-electron chi connectivity index (χ2n) is 7.32. The number of nitrogens with one attached hydrogen (secondary N) is 1. The van der Waals surface area contributed by atoms with Gasteiger partial charge in [0.05, 0.1) is 17.2 Å². The zero-order chi connectivity index (χ0) is 23.2. The Morgan fingerprint density at radius 3 is 2.33 bits per heavy atom. The van der Waals surface area contributed by atoms with Crippen LogP contribution in [0.15, 0.2) is 83.8 Å². The van der Waals surface area contributed by atoms with Gasteiger partial charge in [0, 0.05) is 5.69 Å². The lowest BCUT2D eigenvalue weighted by atomic mass is 10.2. The molecule has 8 nitrogen and oxygen atoms in total. The van der Waals surface area contributed by atoms with Crippen LogP contribution in [0.25, 0.3) is 11.0 Å². The third-order valence-electron chi connectivity index (χ3n) is 4.80. The fourth-order valence-corrected chi connectivity index (χ4v) is 3.14. The molecule has 0 fully saturated rings. The molecule has 8 heteroatoms. The molecule has 0 saturated heterocycles. The standard InChI is InChI=1S/C25H21N3O5/c1-17-6-10-19(11-7-17)33-20-12-8-18(9-13-20)27-23(29)16-32-25(31)15-28-22-5-3-2-4-21(22)26-14-24(28)30/h2-14H,15-16H2,1H3,(H,27,29). The molecule has 4 aromatic rings. The minimum Gasteiger partial charge on any atom is -0.457 e. The predicted octanol–water partition coefficient (Wildman–Crippen LogP) is 3.68. The topological polar surface area (TPSA) is 99.5 Å². The third-order valence-corrected chi connectivity index (χ3v) is 4.80. The van der Waals surface area contributed by atoms with Crippen molar-refractivity contribution >= 4 is 28.6 Å². The van der Waals surface area contributed by atoms with Gasteiger partial charge in [-0.25, -0.2) is 4.98 Å². The van der Waals surface area contributed by atoms with Gasteiger partial charge in [-0.3, -0.25) is 19.0 Å². The van der Waals surface area contributed by atoms with Crippen LogP contribution in [0.1, 0.15) is 5.56 Å². The van der Waals surface area contributed by atoms with Crippen LogP contribution in [0.4, 0.5) is 5.69 Å². The number of nitrogens with zero attached hydrogens (tertiary/aromatic N) is 2. The first kappa shape index (κ1) is 21.8. The maximum Gasteiger partial charge on any atom is 0.326 e. The Kier molecular flexibility index (Phi) is 6.45. The van der Waals surface area contributed by atoms with Crippen molar-refractivity contribution in [3.05, 3.63) is 94.9 Å². The molecule has 166 valence electrons. The lowest BCUT2D eigenvalue weighted by molar-refractivity contribution is -0.147. The molecule has 4 rings (SSSR count). The van der Waals surface area contributed by atoms with E-state index in [4.69, 9.17) is 9.47 Å². The van der Waals surface area contributed by atoms with E-state index in [1.807, 2.05) is 31.2 Å². The Morgan fingerprint density at radius 1 is 0.939 bits per heavy atom. The highest BCUT2D eigenvalue weighted by atomic mass is 16.5. The van der Waals surface area contributed by atoms with E-state index >= 15 is 0 Å². The number of aryl methyl sites for hydroxylation is 1. The summed E-state index contributed by atoms with van der Waals surface area (Å²) in [4.78, 5) is 40.5. The van der Waals surface area contributed by atoms with E-state index in [2.05, 4.69) is 10.3 Å². The maximum atomic E-state index is 12.2. The summed E-state index contributed by atoms with van der Waals surface area (Å²) in [6.07, 6.45) is 1.15. The number of carbonyl (C=O) groups excluding carboxylic acids is 2. The molecule has 3 aromatic carbocycles. The number of anilines is 1. The van der Waals surface area contributed by atoms with Crippen LogP contribution in [0.5, 0.6) is 11.5 Å². The maximum absolute atomic E-state index is 12.2. The molecule has 0 aliphatic heterocycles. The largest absolute Gasteiger partial charge is 0.457 e. The zero-order valence-corrected chi connectivity index (χ0v) is 17.9. The molecule has 1 amide bonds. The second kappa shape index (κ2) is 9.78. The number of rotatable bonds is 7. The summed E-state index contributed by atoms with van der Waals surface area (Å²) >= 11 is 0. The Labute approximate surface area is 189 Å². The van der Waals surface area contributed by atoms with Crippen molar-refractivity contribution in [2.75, 3.05) is 11.9 Å². The molecule has 0 atom stereocenters. The van der Waals surface area contributed by atoms with Crippen molar-refractivity contribution in [1.29, 1.82) is 0 Å². The fraction of sp³-hybridized carbons (Fsp3) is 0.120. The van der Waals surface area contributed by atoms with E-state index in [0.717, 1.165) is 11.8 Å². The number of para-hydroxylation sites is 2. The van der Waals surface area contributed by atoms with E-state index < -0.39 is 24.0 Å². The highest BCUT2D eigenvalue weighted by molar-refractivity contribution is 5.92. The molecule has 0 radical (unpaired) electrons. The number of amides is 1. The van der Waals surface area contributed by atoms with Gasteiger partial charge >= 0.3 is 5.97 Å². The van der Waals surface area contributed by atoms with Crippen LogP contribution < -0.4 is 15.6 Å². The zero-order valence-electron chi connectivity index (χ0n) is 17.9. The Hall–Kier alpha value is -4.46. The molecule has 0 bridgehead atoms. The molecule has 0 unspecified atom stereocenters. The van der Waals surface area contributed by atoms with Crippen molar-refractivity contribution in [3.63, 3.8) is 0 Å². The lowest BCUT2D eigenvalue weighted by Gasteiger charge is -2.10. The highest BCUT2D eigenvalue weighted by Gasteiger charge is 2.12. The van der Waals surface area contributed by atoms with Crippen molar-refractivity contribution in [3.8, 4) is 11.5 Å². The smallest absolute Gasteiger partial charge is 0.326 e. The van der Waals surface area contributed by atoms with Gasteiger partial charge in [-0.15, -0.1) is 0 Å². The third kappa shape index (κ3) is 5.62. The summed E-state index contributed by atoms with van der Waals surface area (Å²) < 4.78 is 12.1. The molecule has 33 heavy (non-hydrogen) atoms. The lowest BCUT2D eigenvalue weighted by Crippen LogP contribution is -2.28. The normalized spacial score (nSPS) is 10.6. The SMILES string of the molecule is Cc1ccc(Oc2ccc(NC(=O)COC(=O)Cn3c(=O)cnc4ccccc43)cc2)cc1. The number of carbonyl (C=O) groups is 2. The molecule has 0 aliphatic carbocycles. The highest BCUT2D eigenvalue weighted by Crippen LogP contribution is 2.23. The van der Waals surface area contributed by atoms with Gasteiger partial charge in [0.2, 0.25) is 0 Å². The van der Waals surface area contributed by atoms with Gasteiger partial charge in [-0.05, 0) is 55.5 Å². The van der Waals surface area contributed by atoms with Gasteiger partial charge in [0.15, 0.2) is 6.61 Å². The molecule has 1 N–H and O–H groups in total. The minimum atomic E-state index is -0.703. The van der Waals surface area contributed by atoms with E-state index in [9.17, 15) is 14.4 Å². The molecular weight excluding hydrogens is 422 g/mol. The second-order valence-corrected chi connectivity index (χ2v) is 7.32. The van der Waals surface area contributed by atoms with Crippen LogP contribution in [0.2, 0.25) is 0 Å². The summed E-state index contributed by atoms with van der Waals surface area (Å²) in [5.74, 6) is 0.136. The van der Waals surface area contributed by atoms with Crippen LogP contribution in [0.3, 0.4) is 0 Å². The van der Waals surface area contributed by atoms with Gasteiger partial charge in [-0.1, -0.05) is 29.8 Å². The van der Waals surface area contributed by atoms with Gasteiger partial charge in [0.1, 0.15) is 18.0 Å². The number of esters is 1. The summed E-state index contributed by atoms with van der Waals surface area (Å²) in [5.41, 5.74) is 2.34. The quantitative estimate of drug-likeness (QED) is 0.438. The fourth-order valence-electron chi connectivity index (χ4n) is 3.14. The number of hydrogen-bond donors (Lipinski definition) is 1. The Bertz CT molecular complexity index is 1350. The van der Waals surface area contributed by atoms with Crippen LogP contribution in [-0.4, -0.2) is 28.0 Å². The molecule has 0 saturated carbocycles. The molecular formula is C25H21N3O5.